The highest BCUT2D eigenvalue weighted by atomic mass is 16.6. The Kier molecular flexibility index (Phi) is 4.87. The molecular formula is C14H18N6O4. The maximum atomic E-state index is 11.2. The van der Waals surface area contributed by atoms with E-state index in [9.17, 15) is 10.1 Å². The summed E-state index contributed by atoms with van der Waals surface area (Å²) in [5.41, 5.74) is 18.0. The molecule has 0 spiro atoms. The van der Waals surface area contributed by atoms with E-state index in [1.165, 1.54) is 14.2 Å². The van der Waals surface area contributed by atoms with Gasteiger partial charge in [-0.2, -0.15) is 9.97 Å². The monoisotopic (exact) mass is 334 g/mol. The summed E-state index contributed by atoms with van der Waals surface area (Å²) in [4.78, 5) is 18.5. The minimum Gasteiger partial charge on any atom is -0.496 e. The SMILES string of the molecule is COc1cccc(OC)c1C(C[N+](=O)[O-])c1c(N)nc(N)nc1N. The van der Waals surface area contributed by atoms with E-state index in [1.54, 1.807) is 18.2 Å². The van der Waals surface area contributed by atoms with E-state index in [4.69, 9.17) is 26.7 Å². The molecule has 2 rings (SSSR count). The largest absolute Gasteiger partial charge is 0.496 e. The lowest BCUT2D eigenvalue weighted by Gasteiger charge is -2.21. The third kappa shape index (κ3) is 3.21. The molecule has 0 aliphatic rings. The minimum atomic E-state index is -0.869. The fourth-order valence-electron chi connectivity index (χ4n) is 2.58. The third-order valence-corrected chi connectivity index (χ3v) is 3.52. The number of benzene rings is 1. The normalized spacial score (nSPS) is 11.8. The average molecular weight is 334 g/mol. The molecular weight excluding hydrogens is 316 g/mol. The molecule has 24 heavy (non-hydrogen) atoms. The fraction of sp³-hybridized carbons (Fsp3) is 0.286. The molecule has 0 saturated heterocycles. The van der Waals surface area contributed by atoms with Crippen LogP contribution in [0.25, 0.3) is 0 Å². The number of nitrogens with two attached hydrogens (primary N) is 3. The van der Waals surface area contributed by atoms with Gasteiger partial charge in [-0.15, -0.1) is 0 Å². The zero-order valence-corrected chi connectivity index (χ0v) is 13.2. The number of nitro groups is 1. The zero-order chi connectivity index (χ0) is 17.9. The van der Waals surface area contributed by atoms with Gasteiger partial charge < -0.3 is 26.7 Å². The second-order valence-corrected chi connectivity index (χ2v) is 4.91. The number of nitrogen functional groups attached to an aromatic ring is 3. The summed E-state index contributed by atoms with van der Waals surface area (Å²) < 4.78 is 10.7. The summed E-state index contributed by atoms with van der Waals surface area (Å²) >= 11 is 0. The molecule has 0 bridgehead atoms. The van der Waals surface area contributed by atoms with Crippen molar-refractivity contribution in [1.29, 1.82) is 0 Å². The van der Waals surface area contributed by atoms with Crippen LogP contribution in [0.5, 0.6) is 11.5 Å². The van der Waals surface area contributed by atoms with Crippen LogP contribution in [-0.2, 0) is 0 Å². The fourth-order valence-corrected chi connectivity index (χ4v) is 2.58. The number of anilines is 3. The Hall–Kier alpha value is -3.30. The summed E-state index contributed by atoms with van der Waals surface area (Å²) in [5.74, 6) is -0.236. The van der Waals surface area contributed by atoms with Crippen LogP contribution in [-0.4, -0.2) is 35.7 Å². The number of hydrogen-bond acceptors (Lipinski definition) is 9. The molecule has 0 saturated carbocycles. The molecule has 0 fully saturated rings. The van der Waals surface area contributed by atoms with Crippen LogP contribution < -0.4 is 26.7 Å². The van der Waals surface area contributed by atoms with Gasteiger partial charge in [0.05, 0.1) is 31.3 Å². The van der Waals surface area contributed by atoms with Crippen molar-refractivity contribution in [3.05, 3.63) is 39.4 Å². The first-order valence-corrected chi connectivity index (χ1v) is 6.90. The van der Waals surface area contributed by atoms with E-state index < -0.39 is 17.4 Å². The molecule has 0 amide bonds. The van der Waals surface area contributed by atoms with E-state index in [0.717, 1.165) is 0 Å². The Morgan fingerprint density at radius 3 is 2.00 bits per heavy atom. The molecule has 1 aromatic heterocycles. The van der Waals surface area contributed by atoms with Gasteiger partial charge in [0.25, 0.3) is 0 Å². The van der Waals surface area contributed by atoms with Gasteiger partial charge in [0.1, 0.15) is 23.1 Å². The van der Waals surface area contributed by atoms with Crippen molar-refractivity contribution in [2.24, 2.45) is 0 Å². The molecule has 0 aliphatic heterocycles. The van der Waals surface area contributed by atoms with Crippen molar-refractivity contribution >= 4 is 17.6 Å². The summed E-state index contributed by atoms with van der Waals surface area (Å²) in [6, 6.07) is 5.03. The van der Waals surface area contributed by atoms with Crippen molar-refractivity contribution in [3.8, 4) is 11.5 Å². The maximum absolute atomic E-state index is 11.2. The van der Waals surface area contributed by atoms with Gasteiger partial charge in [0.15, 0.2) is 0 Å². The number of aromatic nitrogens is 2. The summed E-state index contributed by atoms with van der Waals surface area (Å²) in [6.07, 6.45) is 0. The quantitative estimate of drug-likeness (QED) is 0.507. The Bertz CT molecular complexity index is 722. The summed E-state index contributed by atoms with van der Waals surface area (Å²) in [7, 11) is 2.90. The van der Waals surface area contributed by atoms with Crippen LogP contribution in [0.15, 0.2) is 18.2 Å². The van der Waals surface area contributed by atoms with Crippen molar-refractivity contribution in [2.75, 3.05) is 38.0 Å². The van der Waals surface area contributed by atoms with E-state index in [1.807, 2.05) is 0 Å². The van der Waals surface area contributed by atoms with Crippen molar-refractivity contribution in [3.63, 3.8) is 0 Å². The summed E-state index contributed by atoms with van der Waals surface area (Å²) in [6.45, 7) is -0.502. The molecule has 2 aromatic rings. The second-order valence-electron chi connectivity index (χ2n) is 4.91. The van der Waals surface area contributed by atoms with Crippen molar-refractivity contribution in [1.82, 2.24) is 9.97 Å². The Labute approximate surface area is 137 Å². The number of hydrogen-bond donors (Lipinski definition) is 3. The Morgan fingerprint density at radius 1 is 1.08 bits per heavy atom. The molecule has 0 radical (unpaired) electrons. The van der Waals surface area contributed by atoms with E-state index in [0.29, 0.717) is 17.1 Å². The zero-order valence-electron chi connectivity index (χ0n) is 13.2. The first-order valence-electron chi connectivity index (χ1n) is 6.90. The second kappa shape index (κ2) is 6.86. The van der Waals surface area contributed by atoms with Crippen LogP contribution in [0.2, 0.25) is 0 Å². The molecule has 128 valence electrons. The highest BCUT2D eigenvalue weighted by molar-refractivity contribution is 5.63. The van der Waals surface area contributed by atoms with Crippen molar-refractivity contribution in [2.45, 2.75) is 5.92 Å². The molecule has 10 heteroatoms. The van der Waals surface area contributed by atoms with E-state index in [-0.39, 0.29) is 23.1 Å². The lowest BCUT2D eigenvalue weighted by atomic mass is 9.90. The van der Waals surface area contributed by atoms with Gasteiger partial charge in [-0.3, -0.25) is 10.1 Å². The first-order chi connectivity index (χ1) is 11.4. The number of rotatable bonds is 6. The molecule has 6 N–H and O–H groups in total. The van der Waals surface area contributed by atoms with Crippen LogP contribution in [0.4, 0.5) is 17.6 Å². The highest BCUT2D eigenvalue weighted by Crippen LogP contribution is 2.41. The van der Waals surface area contributed by atoms with Gasteiger partial charge >= 0.3 is 0 Å². The van der Waals surface area contributed by atoms with Crippen LogP contribution in [0.3, 0.4) is 0 Å². The Morgan fingerprint density at radius 2 is 1.58 bits per heavy atom. The molecule has 10 nitrogen and oxygen atoms in total. The molecule has 1 heterocycles. The number of methoxy groups -OCH3 is 2. The standard InChI is InChI=1S/C14H18N6O4/c1-23-8-4-3-5-9(24-2)10(8)7(6-20(21)22)11-12(15)18-14(17)19-13(11)16/h3-5,7H,6H2,1-2H3,(H6,15,16,17,18,19). The molecule has 1 aromatic carbocycles. The molecule has 1 unspecified atom stereocenters. The molecule has 0 aliphatic carbocycles. The Balaban J connectivity index is 2.75. The van der Waals surface area contributed by atoms with E-state index >= 15 is 0 Å². The highest BCUT2D eigenvalue weighted by Gasteiger charge is 2.31. The van der Waals surface area contributed by atoms with Gasteiger partial charge in [-0.05, 0) is 12.1 Å². The first kappa shape index (κ1) is 17.1. The van der Waals surface area contributed by atoms with Gasteiger partial charge in [0.2, 0.25) is 12.5 Å². The van der Waals surface area contributed by atoms with Crippen LogP contribution in [0.1, 0.15) is 17.0 Å². The lowest BCUT2D eigenvalue weighted by Crippen LogP contribution is -2.20. The predicted molar refractivity (Wildman–Crippen MR) is 88.5 cm³/mol. The van der Waals surface area contributed by atoms with Gasteiger partial charge in [-0.25, -0.2) is 0 Å². The maximum Gasteiger partial charge on any atom is 0.223 e. The van der Waals surface area contributed by atoms with Gasteiger partial charge in [0, 0.05) is 4.92 Å². The lowest BCUT2D eigenvalue weighted by molar-refractivity contribution is -0.481. The van der Waals surface area contributed by atoms with Crippen LogP contribution >= 0.6 is 0 Å². The average Bonchev–Trinajstić information content (AvgIpc) is 2.51. The van der Waals surface area contributed by atoms with Crippen molar-refractivity contribution < 1.29 is 14.4 Å². The minimum absolute atomic E-state index is 0.0280. The van der Waals surface area contributed by atoms with E-state index in [2.05, 4.69) is 9.97 Å². The third-order valence-electron chi connectivity index (χ3n) is 3.52. The smallest absolute Gasteiger partial charge is 0.223 e. The predicted octanol–water partition coefficient (Wildman–Crippen LogP) is 0.649. The number of ether oxygens (including phenoxy) is 2. The topological polar surface area (TPSA) is 165 Å². The summed E-state index contributed by atoms with van der Waals surface area (Å²) in [5, 5.41) is 11.2. The van der Waals surface area contributed by atoms with Gasteiger partial charge in [-0.1, -0.05) is 6.07 Å². The number of nitrogens with zero attached hydrogens (tertiary/aromatic N) is 3. The molecule has 1 atom stereocenters. The van der Waals surface area contributed by atoms with Crippen LogP contribution in [0, 0.1) is 10.1 Å².